The molecule has 28 heavy (non-hydrogen) atoms. The van der Waals surface area contributed by atoms with Crippen molar-refractivity contribution in [1.82, 2.24) is 0 Å². The number of carbonyl (C=O) groups is 5. The van der Waals surface area contributed by atoms with Crippen LogP contribution in [0.15, 0.2) is 36.0 Å². The van der Waals surface area contributed by atoms with E-state index in [9.17, 15) is 44.4 Å². The van der Waals surface area contributed by atoms with Gasteiger partial charge in [-0.25, -0.2) is 0 Å². The summed E-state index contributed by atoms with van der Waals surface area (Å²) < 4.78 is 0. The van der Waals surface area contributed by atoms with Crippen molar-refractivity contribution in [2.75, 3.05) is 0 Å². The van der Waals surface area contributed by atoms with Gasteiger partial charge in [0.15, 0.2) is 16.6 Å². The van der Waals surface area contributed by atoms with Crippen LogP contribution in [0.25, 0.3) is 0 Å². The molecule has 0 aromatic carbocycles. The average molecular weight is 394 g/mol. The molecule has 0 heterocycles. The second kappa shape index (κ2) is 9.12. The molecule has 0 aromatic rings. The van der Waals surface area contributed by atoms with Crippen LogP contribution in [-0.2, 0) is 24.0 Å². The van der Waals surface area contributed by atoms with Gasteiger partial charge in [0.05, 0.1) is 0 Å². The van der Waals surface area contributed by atoms with Crippen LogP contribution in [0, 0.1) is 10.8 Å². The fraction of sp³-hybridized carbons (Fsp3) is 0.421. The summed E-state index contributed by atoms with van der Waals surface area (Å²) in [5.74, 6) is -7.01. The van der Waals surface area contributed by atoms with Gasteiger partial charge in [-0.3, -0.25) is 24.0 Å². The van der Waals surface area contributed by atoms with Gasteiger partial charge in [0.1, 0.15) is 0 Å². The van der Waals surface area contributed by atoms with Crippen LogP contribution in [0.2, 0.25) is 0 Å². The number of hydrogen-bond donors (Lipinski definition) is 4. The molecule has 0 atom stereocenters. The van der Waals surface area contributed by atoms with Gasteiger partial charge in [0.2, 0.25) is 0 Å². The molecule has 9 nitrogen and oxygen atoms in total. The van der Waals surface area contributed by atoms with Crippen LogP contribution < -0.4 is 0 Å². The molecule has 0 unspecified atom stereocenters. The molecular formula is C19H22O9. The highest BCUT2D eigenvalue weighted by atomic mass is 16.4. The van der Waals surface area contributed by atoms with Crippen LogP contribution in [0.3, 0.4) is 0 Å². The smallest absolute Gasteiger partial charge is 0.321 e. The molecule has 0 amide bonds. The molecule has 0 radical (unpaired) electrons. The van der Waals surface area contributed by atoms with Gasteiger partial charge in [0, 0.05) is 6.42 Å². The normalized spacial score (nSPS) is 24.0. The Hall–Kier alpha value is -3.23. The number of allylic oxidation sites excluding steroid dienone is 6. The second-order valence-electron chi connectivity index (χ2n) is 6.68. The van der Waals surface area contributed by atoms with Gasteiger partial charge in [-0.15, -0.1) is 0 Å². The van der Waals surface area contributed by atoms with E-state index in [2.05, 4.69) is 0 Å². The van der Waals surface area contributed by atoms with Gasteiger partial charge in [-0.2, -0.15) is 0 Å². The van der Waals surface area contributed by atoms with Crippen LogP contribution in [0.1, 0.15) is 39.0 Å². The molecule has 1 rings (SSSR count). The molecule has 0 aliphatic heterocycles. The van der Waals surface area contributed by atoms with Crippen molar-refractivity contribution in [3.8, 4) is 0 Å². The molecule has 0 aromatic heterocycles. The fourth-order valence-electron chi connectivity index (χ4n) is 2.83. The molecule has 152 valence electrons. The lowest BCUT2D eigenvalue weighted by Gasteiger charge is -2.24. The number of carbonyl (C=O) groups excluding carboxylic acids is 1. The third-order valence-electron chi connectivity index (χ3n) is 4.88. The van der Waals surface area contributed by atoms with Crippen LogP contribution in [0.4, 0.5) is 0 Å². The summed E-state index contributed by atoms with van der Waals surface area (Å²) in [6.45, 7) is 1.35. The summed E-state index contributed by atoms with van der Waals surface area (Å²) in [5.41, 5.74) is -4.35. The van der Waals surface area contributed by atoms with E-state index in [1.165, 1.54) is 37.3 Å². The first-order valence-electron chi connectivity index (χ1n) is 8.45. The topological polar surface area (TPSA) is 166 Å². The Kier molecular flexibility index (Phi) is 7.43. The zero-order chi connectivity index (χ0) is 21.5. The Balaban J connectivity index is 3.39. The van der Waals surface area contributed by atoms with Gasteiger partial charge >= 0.3 is 23.9 Å². The Morgan fingerprint density at radius 2 is 1.25 bits per heavy atom. The van der Waals surface area contributed by atoms with E-state index in [0.29, 0.717) is 0 Å². The van der Waals surface area contributed by atoms with Crippen molar-refractivity contribution in [2.24, 2.45) is 10.8 Å². The lowest BCUT2D eigenvalue weighted by atomic mass is 9.77. The van der Waals surface area contributed by atoms with E-state index in [-0.39, 0.29) is 24.8 Å². The van der Waals surface area contributed by atoms with Gasteiger partial charge < -0.3 is 20.4 Å². The second-order valence-corrected chi connectivity index (χ2v) is 6.68. The lowest BCUT2D eigenvalue weighted by molar-refractivity contribution is -0.167. The number of aliphatic carboxylic acids is 4. The summed E-state index contributed by atoms with van der Waals surface area (Å²) in [4.78, 5) is 58.8. The van der Waals surface area contributed by atoms with E-state index in [4.69, 9.17) is 0 Å². The Bertz CT molecular complexity index is 742. The summed E-state index contributed by atoms with van der Waals surface area (Å²) in [5, 5.41) is 37.7. The molecule has 9 heteroatoms. The first-order chi connectivity index (χ1) is 13.0. The van der Waals surface area contributed by atoms with Crippen LogP contribution in [0.5, 0.6) is 0 Å². The summed E-state index contributed by atoms with van der Waals surface area (Å²) in [6, 6.07) is 0. The molecule has 1 aliphatic carbocycles. The largest absolute Gasteiger partial charge is 0.480 e. The van der Waals surface area contributed by atoms with E-state index in [0.717, 1.165) is 0 Å². The van der Waals surface area contributed by atoms with Crippen molar-refractivity contribution >= 4 is 29.7 Å². The zero-order valence-corrected chi connectivity index (χ0v) is 15.3. The molecule has 1 aliphatic rings. The Labute approximate surface area is 160 Å². The Morgan fingerprint density at radius 3 is 1.68 bits per heavy atom. The zero-order valence-electron chi connectivity index (χ0n) is 15.3. The molecule has 4 N–H and O–H groups in total. The predicted octanol–water partition coefficient (Wildman–Crippen LogP) is 1.89. The lowest BCUT2D eigenvalue weighted by Crippen LogP contribution is -2.41. The monoisotopic (exact) mass is 394 g/mol. The van der Waals surface area contributed by atoms with E-state index in [1.807, 2.05) is 0 Å². The van der Waals surface area contributed by atoms with Crippen molar-refractivity contribution in [2.45, 2.75) is 39.0 Å². The highest BCUT2D eigenvalue weighted by Gasteiger charge is 2.48. The first kappa shape index (κ1) is 22.8. The first-order valence-corrected chi connectivity index (χ1v) is 8.45. The Morgan fingerprint density at radius 1 is 0.821 bits per heavy atom. The van der Waals surface area contributed by atoms with Crippen molar-refractivity contribution in [3.63, 3.8) is 0 Å². The maximum Gasteiger partial charge on any atom is 0.321 e. The highest BCUT2D eigenvalue weighted by Crippen LogP contribution is 2.33. The summed E-state index contributed by atoms with van der Waals surface area (Å²) in [7, 11) is 0. The van der Waals surface area contributed by atoms with E-state index in [1.54, 1.807) is 0 Å². The summed E-state index contributed by atoms with van der Waals surface area (Å²) in [6.07, 6.45) is 4.55. The SMILES string of the molecule is C/C1=C\CCC(C(=O)O)(C(=O)O)C/C=C/C=C\CC(C(=O)O)(C(=O)O)CC1=O. The van der Waals surface area contributed by atoms with Crippen molar-refractivity contribution in [3.05, 3.63) is 36.0 Å². The number of rotatable bonds is 4. The number of Topliss-reactive ketones (excluding diaryl/α,β-unsaturated/α-hetero) is 1. The number of carboxylic acids is 4. The van der Waals surface area contributed by atoms with E-state index < -0.39 is 53.3 Å². The predicted molar refractivity (Wildman–Crippen MR) is 95.5 cm³/mol. The highest BCUT2D eigenvalue weighted by molar-refractivity contribution is 6.06. The third kappa shape index (κ3) is 4.73. The van der Waals surface area contributed by atoms with E-state index >= 15 is 0 Å². The van der Waals surface area contributed by atoms with Crippen LogP contribution >= 0.6 is 0 Å². The minimum absolute atomic E-state index is 0.0492. The molecule has 0 fully saturated rings. The number of carboxylic acid groups (broad SMARTS) is 4. The van der Waals surface area contributed by atoms with Gasteiger partial charge in [0.25, 0.3) is 0 Å². The fourth-order valence-corrected chi connectivity index (χ4v) is 2.83. The maximum absolute atomic E-state index is 12.4. The van der Waals surface area contributed by atoms with Gasteiger partial charge in [-0.1, -0.05) is 30.4 Å². The molecule has 0 saturated heterocycles. The number of ketones is 1. The minimum atomic E-state index is -2.33. The maximum atomic E-state index is 12.4. The summed E-state index contributed by atoms with van der Waals surface area (Å²) >= 11 is 0. The molecular weight excluding hydrogens is 372 g/mol. The number of hydrogen-bond acceptors (Lipinski definition) is 5. The quantitative estimate of drug-likeness (QED) is 0.521. The molecule has 0 bridgehead atoms. The minimum Gasteiger partial charge on any atom is -0.480 e. The molecule has 0 spiro atoms. The standard InChI is InChI=1S/C19H22O9/c1-12-7-6-10-18(14(21)22,15(23)24)8-4-2-3-5-9-19(16(25)26,17(27)28)11-13(12)20/h2-5,7H,6,8-11H2,1H3,(H,21,22)(H,23,24)(H,25,26)(H,27,28)/b4-2+,5-3-,12-7+. The van der Waals surface area contributed by atoms with Crippen LogP contribution in [-0.4, -0.2) is 50.1 Å². The average Bonchev–Trinajstić information content (AvgIpc) is 2.59. The third-order valence-corrected chi connectivity index (χ3v) is 4.88. The van der Waals surface area contributed by atoms with Crippen molar-refractivity contribution in [1.29, 1.82) is 0 Å². The van der Waals surface area contributed by atoms with Gasteiger partial charge in [-0.05, 0) is 38.2 Å². The molecule has 0 saturated carbocycles. The van der Waals surface area contributed by atoms with Crippen molar-refractivity contribution < 1.29 is 44.4 Å².